The molecular formula is C17H18N2O5. The number of rotatable bonds is 7. The number of ether oxygens (including phenoxy) is 3. The third kappa shape index (κ3) is 4.01. The van der Waals surface area contributed by atoms with Crippen molar-refractivity contribution in [2.75, 3.05) is 20.8 Å². The van der Waals surface area contributed by atoms with Crippen molar-refractivity contribution < 1.29 is 19.1 Å². The largest absolute Gasteiger partial charge is 0.494 e. The summed E-state index contributed by atoms with van der Waals surface area (Å²) in [6, 6.07) is 9.97. The van der Waals surface area contributed by atoms with E-state index in [2.05, 4.69) is 4.99 Å². The summed E-state index contributed by atoms with van der Waals surface area (Å²) in [6.07, 6.45) is 1.43. The van der Waals surface area contributed by atoms with Crippen molar-refractivity contribution in [1.29, 1.82) is 0 Å². The maximum absolute atomic E-state index is 11.2. The van der Waals surface area contributed by atoms with Crippen LogP contribution in [0.1, 0.15) is 12.5 Å². The van der Waals surface area contributed by atoms with Crippen molar-refractivity contribution in [3.63, 3.8) is 0 Å². The molecule has 0 heterocycles. The third-order valence-electron chi connectivity index (χ3n) is 3.23. The van der Waals surface area contributed by atoms with Crippen LogP contribution in [0.25, 0.3) is 0 Å². The Morgan fingerprint density at radius 1 is 1.12 bits per heavy atom. The number of hydrogen-bond acceptors (Lipinski definition) is 6. The molecule has 2 aromatic carbocycles. The van der Waals surface area contributed by atoms with Crippen LogP contribution in [0.4, 0.5) is 11.4 Å². The molecule has 0 N–H and O–H groups in total. The fourth-order valence-electron chi connectivity index (χ4n) is 2.08. The Morgan fingerprint density at radius 3 is 2.29 bits per heavy atom. The molecule has 0 atom stereocenters. The van der Waals surface area contributed by atoms with Gasteiger partial charge in [-0.15, -0.1) is 0 Å². The van der Waals surface area contributed by atoms with Crippen molar-refractivity contribution in [2.24, 2.45) is 4.99 Å². The predicted molar refractivity (Wildman–Crippen MR) is 91.1 cm³/mol. The molecule has 0 saturated carbocycles. The molecule has 0 aliphatic heterocycles. The van der Waals surface area contributed by atoms with Crippen molar-refractivity contribution in [1.82, 2.24) is 0 Å². The van der Waals surface area contributed by atoms with Crippen LogP contribution >= 0.6 is 0 Å². The van der Waals surface area contributed by atoms with Gasteiger partial charge in [0.15, 0.2) is 11.5 Å². The highest BCUT2D eigenvalue weighted by atomic mass is 16.6. The Morgan fingerprint density at radius 2 is 1.75 bits per heavy atom. The van der Waals surface area contributed by atoms with E-state index in [9.17, 15) is 10.1 Å². The van der Waals surface area contributed by atoms with Crippen LogP contribution in [0.5, 0.6) is 17.2 Å². The third-order valence-corrected chi connectivity index (χ3v) is 3.23. The molecule has 0 radical (unpaired) electrons. The molecule has 0 saturated heterocycles. The number of hydrogen-bond donors (Lipinski definition) is 0. The molecule has 0 aliphatic carbocycles. The van der Waals surface area contributed by atoms with Gasteiger partial charge in [-0.1, -0.05) is 0 Å². The number of aliphatic imine (C=N–C) groups is 1. The van der Waals surface area contributed by atoms with Gasteiger partial charge < -0.3 is 14.2 Å². The van der Waals surface area contributed by atoms with Crippen LogP contribution in [0.15, 0.2) is 41.4 Å². The van der Waals surface area contributed by atoms with Crippen LogP contribution in [0.2, 0.25) is 0 Å². The number of nitro benzene ring substituents is 1. The van der Waals surface area contributed by atoms with Crippen LogP contribution in [0, 0.1) is 10.1 Å². The van der Waals surface area contributed by atoms with E-state index in [1.54, 1.807) is 24.3 Å². The standard InChI is InChI=1S/C17H18N2O5/c1-4-24-14-7-5-13(6-8-14)18-11-12-9-16(22-2)17(23-3)10-15(12)19(20)21/h5-11H,4H2,1-3H3. The molecule has 2 rings (SSSR count). The lowest BCUT2D eigenvalue weighted by molar-refractivity contribution is -0.385. The van der Waals surface area contributed by atoms with Crippen molar-refractivity contribution in [3.05, 3.63) is 52.1 Å². The van der Waals surface area contributed by atoms with Gasteiger partial charge in [-0.2, -0.15) is 0 Å². The number of nitrogens with zero attached hydrogens (tertiary/aromatic N) is 2. The zero-order valence-corrected chi connectivity index (χ0v) is 13.7. The fourth-order valence-corrected chi connectivity index (χ4v) is 2.08. The second kappa shape index (κ2) is 7.96. The Labute approximate surface area is 139 Å². The van der Waals surface area contributed by atoms with Crippen molar-refractivity contribution in [3.8, 4) is 17.2 Å². The molecule has 0 aliphatic rings. The van der Waals surface area contributed by atoms with Gasteiger partial charge in [0.1, 0.15) is 5.75 Å². The molecule has 0 amide bonds. The average Bonchev–Trinajstić information content (AvgIpc) is 2.60. The number of methoxy groups -OCH3 is 2. The minimum Gasteiger partial charge on any atom is -0.494 e. The van der Waals surface area contributed by atoms with E-state index in [1.807, 2.05) is 6.92 Å². The zero-order chi connectivity index (χ0) is 17.5. The Kier molecular flexibility index (Phi) is 5.73. The summed E-state index contributed by atoms with van der Waals surface area (Å²) in [5.41, 5.74) is 0.872. The summed E-state index contributed by atoms with van der Waals surface area (Å²) in [5, 5.41) is 11.2. The van der Waals surface area contributed by atoms with Gasteiger partial charge in [0.2, 0.25) is 0 Å². The molecule has 0 fully saturated rings. The van der Waals surface area contributed by atoms with Gasteiger partial charge in [-0.05, 0) is 37.3 Å². The molecule has 24 heavy (non-hydrogen) atoms. The van der Waals surface area contributed by atoms with E-state index in [0.717, 1.165) is 5.75 Å². The first-order valence-corrected chi connectivity index (χ1v) is 7.26. The Balaban J connectivity index is 2.34. The monoisotopic (exact) mass is 330 g/mol. The molecule has 7 heteroatoms. The average molecular weight is 330 g/mol. The lowest BCUT2D eigenvalue weighted by Crippen LogP contribution is -1.98. The Bertz CT molecular complexity index is 741. The zero-order valence-electron chi connectivity index (χ0n) is 13.7. The molecule has 0 bridgehead atoms. The summed E-state index contributed by atoms with van der Waals surface area (Å²) in [7, 11) is 2.90. The minimum absolute atomic E-state index is 0.109. The fraction of sp³-hybridized carbons (Fsp3) is 0.235. The second-order valence-corrected chi connectivity index (χ2v) is 4.71. The van der Waals surface area contributed by atoms with Gasteiger partial charge >= 0.3 is 0 Å². The van der Waals surface area contributed by atoms with Crippen LogP contribution in [0.3, 0.4) is 0 Å². The minimum atomic E-state index is -0.485. The molecule has 2 aromatic rings. The topological polar surface area (TPSA) is 83.2 Å². The lowest BCUT2D eigenvalue weighted by atomic mass is 10.1. The Hall–Kier alpha value is -3.09. The number of nitro groups is 1. The highest BCUT2D eigenvalue weighted by Gasteiger charge is 2.18. The maximum Gasteiger partial charge on any atom is 0.282 e. The number of benzene rings is 2. The first kappa shape index (κ1) is 17.3. The summed E-state index contributed by atoms with van der Waals surface area (Å²) in [6.45, 7) is 2.49. The smallest absolute Gasteiger partial charge is 0.282 e. The first-order chi connectivity index (χ1) is 11.6. The van der Waals surface area contributed by atoms with Gasteiger partial charge in [0.25, 0.3) is 5.69 Å². The SMILES string of the molecule is CCOc1ccc(N=Cc2cc(OC)c(OC)cc2[N+](=O)[O-])cc1. The maximum atomic E-state index is 11.2. The normalized spacial score (nSPS) is 10.6. The molecule has 0 aromatic heterocycles. The first-order valence-electron chi connectivity index (χ1n) is 7.26. The molecule has 7 nitrogen and oxygen atoms in total. The summed E-state index contributed by atoms with van der Waals surface area (Å²) < 4.78 is 15.6. The van der Waals surface area contributed by atoms with E-state index >= 15 is 0 Å². The van der Waals surface area contributed by atoms with Gasteiger partial charge in [0, 0.05) is 6.21 Å². The van der Waals surface area contributed by atoms with Crippen molar-refractivity contribution in [2.45, 2.75) is 6.92 Å². The predicted octanol–water partition coefficient (Wildman–Crippen LogP) is 3.76. The summed E-state index contributed by atoms with van der Waals surface area (Å²) >= 11 is 0. The molecule has 0 spiro atoms. The quantitative estimate of drug-likeness (QED) is 0.438. The molecular weight excluding hydrogens is 312 g/mol. The highest BCUT2D eigenvalue weighted by molar-refractivity contribution is 5.88. The van der Waals surface area contributed by atoms with Crippen molar-refractivity contribution >= 4 is 17.6 Å². The van der Waals surface area contributed by atoms with Crippen LogP contribution in [-0.4, -0.2) is 32.0 Å². The summed E-state index contributed by atoms with van der Waals surface area (Å²) in [4.78, 5) is 15.0. The molecule has 0 unspecified atom stereocenters. The van der Waals surface area contributed by atoms with Gasteiger partial charge in [0.05, 0.1) is 43.1 Å². The van der Waals surface area contributed by atoms with Crippen LogP contribution < -0.4 is 14.2 Å². The van der Waals surface area contributed by atoms with Crippen LogP contribution in [-0.2, 0) is 0 Å². The second-order valence-electron chi connectivity index (χ2n) is 4.71. The van der Waals surface area contributed by atoms with E-state index in [1.165, 1.54) is 32.6 Å². The van der Waals surface area contributed by atoms with Gasteiger partial charge in [-0.25, -0.2) is 0 Å². The van der Waals surface area contributed by atoms with E-state index in [0.29, 0.717) is 29.4 Å². The summed E-state index contributed by atoms with van der Waals surface area (Å²) in [5.74, 6) is 1.44. The molecule has 126 valence electrons. The van der Waals surface area contributed by atoms with Gasteiger partial charge in [-0.3, -0.25) is 15.1 Å². The highest BCUT2D eigenvalue weighted by Crippen LogP contribution is 2.34. The van der Waals surface area contributed by atoms with E-state index < -0.39 is 4.92 Å². The van der Waals surface area contributed by atoms with E-state index in [-0.39, 0.29) is 5.69 Å². The van der Waals surface area contributed by atoms with E-state index in [4.69, 9.17) is 14.2 Å². The lowest BCUT2D eigenvalue weighted by Gasteiger charge is -2.08.